The second-order valence-electron chi connectivity index (χ2n) is 5.38. The van der Waals surface area contributed by atoms with Crippen LogP contribution in [0.15, 0.2) is 29.5 Å². The first-order chi connectivity index (χ1) is 9.74. The monoisotopic (exact) mass is 272 g/mol. The topological polar surface area (TPSA) is 71.8 Å². The van der Waals surface area contributed by atoms with E-state index >= 15 is 0 Å². The Morgan fingerprint density at radius 1 is 1.35 bits per heavy atom. The van der Waals surface area contributed by atoms with Gasteiger partial charge in [-0.15, -0.1) is 0 Å². The maximum atomic E-state index is 6.09. The Morgan fingerprint density at radius 2 is 2.15 bits per heavy atom. The van der Waals surface area contributed by atoms with Crippen molar-refractivity contribution in [1.82, 2.24) is 19.5 Å². The first-order valence-electron chi connectivity index (χ1n) is 7.06. The second kappa shape index (κ2) is 5.48. The van der Waals surface area contributed by atoms with Crippen LogP contribution in [0.3, 0.4) is 0 Å². The van der Waals surface area contributed by atoms with E-state index < -0.39 is 0 Å². The normalized spacial score (nSPS) is 17.9. The predicted molar refractivity (Wildman–Crippen MR) is 78.3 cm³/mol. The molecule has 0 aliphatic carbocycles. The third kappa shape index (κ3) is 2.59. The van der Waals surface area contributed by atoms with Gasteiger partial charge in [0.1, 0.15) is 0 Å². The number of aliphatic imine (C=N–C) groups is 1. The van der Waals surface area contributed by atoms with Crippen LogP contribution in [0.2, 0.25) is 0 Å². The van der Waals surface area contributed by atoms with Gasteiger partial charge in [0.25, 0.3) is 0 Å². The summed E-state index contributed by atoms with van der Waals surface area (Å²) in [6.07, 6.45) is 5.90. The van der Waals surface area contributed by atoms with E-state index in [1.807, 2.05) is 12.1 Å². The first-order valence-corrected chi connectivity index (χ1v) is 7.06. The van der Waals surface area contributed by atoms with Crippen molar-refractivity contribution >= 4 is 11.6 Å². The van der Waals surface area contributed by atoms with E-state index in [1.54, 1.807) is 16.9 Å². The number of nitrogens with zero attached hydrogens (tertiary/aromatic N) is 5. The smallest absolute Gasteiger partial charge is 0.191 e. The highest BCUT2D eigenvalue weighted by molar-refractivity contribution is 5.78. The summed E-state index contributed by atoms with van der Waals surface area (Å²) in [5.41, 5.74) is 7.92. The fourth-order valence-electron chi connectivity index (χ4n) is 2.51. The lowest BCUT2D eigenvalue weighted by Gasteiger charge is -2.31. The molecule has 0 spiro atoms. The number of piperidine rings is 1. The summed E-state index contributed by atoms with van der Waals surface area (Å²) >= 11 is 0. The molecule has 0 bridgehead atoms. The zero-order valence-corrected chi connectivity index (χ0v) is 11.7. The highest BCUT2D eigenvalue weighted by Gasteiger charge is 2.16. The van der Waals surface area contributed by atoms with Crippen LogP contribution >= 0.6 is 0 Å². The SMILES string of the molecule is CC1CCN(C(N)=NCc2ccnc3ccnn23)CC1. The van der Waals surface area contributed by atoms with Crippen LogP contribution in [0, 0.1) is 5.92 Å². The lowest BCUT2D eigenvalue weighted by Crippen LogP contribution is -2.42. The summed E-state index contributed by atoms with van der Waals surface area (Å²) in [6, 6.07) is 3.80. The van der Waals surface area contributed by atoms with Gasteiger partial charge in [-0.3, -0.25) is 0 Å². The van der Waals surface area contributed by atoms with Crippen molar-refractivity contribution in [2.24, 2.45) is 16.6 Å². The molecule has 106 valence electrons. The molecule has 0 atom stereocenters. The van der Waals surface area contributed by atoms with Crippen molar-refractivity contribution in [3.8, 4) is 0 Å². The summed E-state index contributed by atoms with van der Waals surface area (Å²) in [7, 11) is 0. The van der Waals surface area contributed by atoms with Gasteiger partial charge in [0.05, 0.1) is 18.4 Å². The highest BCUT2D eigenvalue weighted by Crippen LogP contribution is 2.15. The fraction of sp³-hybridized carbons (Fsp3) is 0.500. The number of rotatable bonds is 2. The second-order valence-corrected chi connectivity index (χ2v) is 5.38. The molecule has 2 N–H and O–H groups in total. The molecule has 6 nitrogen and oxygen atoms in total. The van der Waals surface area contributed by atoms with Crippen LogP contribution in [0.1, 0.15) is 25.5 Å². The van der Waals surface area contributed by atoms with Crippen LogP contribution in [-0.4, -0.2) is 38.5 Å². The van der Waals surface area contributed by atoms with E-state index in [0.717, 1.165) is 30.3 Å². The van der Waals surface area contributed by atoms with Crippen LogP contribution < -0.4 is 5.73 Å². The highest BCUT2D eigenvalue weighted by atomic mass is 15.3. The Morgan fingerprint density at radius 3 is 2.95 bits per heavy atom. The molecule has 1 aliphatic heterocycles. The van der Waals surface area contributed by atoms with Gasteiger partial charge >= 0.3 is 0 Å². The van der Waals surface area contributed by atoms with Crippen molar-refractivity contribution in [1.29, 1.82) is 0 Å². The Hall–Kier alpha value is -2.11. The quantitative estimate of drug-likeness (QED) is 0.660. The standard InChI is InChI=1S/C14H20N6/c1-11-4-8-19(9-5-11)14(15)17-10-12-2-6-16-13-3-7-18-20(12)13/h2-3,6-7,11H,4-5,8-10H2,1H3,(H2,15,17). The van der Waals surface area contributed by atoms with E-state index in [1.165, 1.54) is 12.8 Å². The third-order valence-electron chi connectivity index (χ3n) is 3.88. The van der Waals surface area contributed by atoms with Gasteiger partial charge in [-0.25, -0.2) is 14.5 Å². The molecule has 0 unspecified atom stereocenters. The predicted octanol–water partition coefficient (Wildman–Crippen LogP) is 1.28. The van der Waals surface area contributed by atoms with Crippen LogP contribution in [0.5, 0.6) is 0 Å². The van der Waals surface area contributed by atoms with Crippen molar-refractivity contribution < 1.29 is 0 Å². The molecule has 0 amide bonds. The van der Waals surface area contributed by atoms with Gasteiger partial charge in [0.15, 0.2) is 11.6 Å². The Balaban J connectivity index is 1.71. The molecule has 2 aromatic rings. The average molecular weight is 272 g/mol. The van der Waals surface area contributed by atoms with Gasteiger partial charge in [0, 0.05) is 25.4 Å². The average Bonchev–Trinajstić information content (AvgIpc) is 2.94. The zero-order valence-electron chi connectivity index (χ0n) is 11.7. The molecule has 1 saturated heterocycles. The molecular formula is C14H20N6. The van der Waals surface area contributed by atoms with Gasteiger partial charge < -0.3 is 10.6 Å². The van der Waals surface area contributed by atoms with E-state index in [2.05, 4.69) is 26.9 Å². The number of aromatic nitrogens is 3. The number of fused-ring (bicyclic) bond motifs is 1. The number of nitrogens with two attached hydrogens (primary N) is 1. The molecule has 0 aromatic carbocycles. The minimum atomic E-state index is 0.526. The van der Waals surface area contributed by atoms with Gasteiger partial charge in [0.2, 0.25) is 0 Å². The first kappa shape index (κ1) is 12.9. The number of guanidine groups is 1. The molecule has 1 aliphatic rings. The van der Waals surface area contributed by atoms with E-state index in [9.17, 15) is 0 Å². The van der Waals surface area contributed by atoms with Crippen molar-refractivity contribution in [2.75, 3.05) is 13.1 Å². The number of hydrogen-bond donors (Lipinski definition) is 1. The Kier molecular flexibility index (Phi) is 3.54. The molecule has 3 rings (SSSR count). The number of hydrogen-bond acceptors (Lipinski definition) is 3. The molecule has 1 fully saturated rings. The molecule has 20 heavy (non-hydrogen) atoms. The van der Waals surface area contributed by atoms with E-state index in [-0.39, 0.29) is 0 Å². The van der Waals surface area contributed by atoms with Gasteiger partial charge in [-0.05, 0) is 24.8 Å². The van der Waals surface area contributed by atoms with Crippen LogP contribution in [-0.2, 0) is 6.54 Å². The third-order valence-corrected chi connectivity index (χ3v) is 3.88. The van der Waals surface area contributed by atoms with E-state index in [0.29, 0.717) is 12.5 Å². The summed E-state index contributed by atoms with van der Waals surface area (Å²) in [5.74, 6) is 1.43. The Labute approximate surface area is 118 Å². The van der Waals surface area contributed by atoms with Gasteiger partial charge in [-0.1, -0.05) is 6.92 Å². The fourth-order valence-corrected chi connectivity index (χ4v) is 2.51. The molecule has 3 heterocycles. The summed E-state index contributed by atoms with van der Waals surface area (Å²) in [5, 5.41) is 4.25. The van der Waals surface area contributed by atoms with Crippen molar-refractivity contribution in [3.05, 3.63) is 30.2 Å². The number of likely N-dealkylation sites (tertiary alicyclic amines) is 1. The molecular weight excluding hydrogens is 252 g/mol. The van der Waals surface area contributed by atoms with Gasteiger partial charge in [-0.2, -0.15) is 5.10 Å². The maximum absolute atomic E-state index is 6.09. The van der Waals surface area contributed by atoms with E-state index in [4.69, 9.17) is 5.73 Å². The molecule has 0 radical (unpaired) electrons. The summed E-state index contributed by atoms with van der Waals surface area (Å²) in [6.45, 7) is 4.82. The molecule has 2 aromatic heterocycles. The molecule has 0 saturated carbocycles. The zero-order chi connectivity index (χ0) is 13.9. The van der Waals surface area contributed by atoms with Crippen molar-refractivity contribution in [2.45, 2.75) is 26.3 Å². The lowest BCUT2D eigenvalue weighted by atomic mass is 10.00. The summed E-state index contributed by atoms with van der Waals surface area (Å²) < 4.78 is 1.80. The summed E-state index contributed by atoms with van der Waals surface area (Å²) in [4.78, 5) is 10.9. The molecule has 6 heteroatoms. The van der Waals surface area contributed by atoms with Crippen LogP contribution in [0.25, 0.3) is 5.65 Å². The maximum Gasteiger partial charge on any atom is 0.191 e. The Bertz CT molecular complexity index is 609. The van der Waals surface area contributed by atoms with Crippen molar-refractivity contribution in [3.63, 3.8) is 0 Å². The lowest BCUT2D eigenvalue weighted by molar-refractivity contribution is 0.277. The minimum absolute atomic E-state index is 0.526. The van der Waals surface area contributed by atoms with Crippen LogP contribution in [0.4, 0.5) is 0 Å². The minimum Gasteiger partial charge on any atom is -0.370 e. The largest absolute Gasteiger partial charge is 0.370 e.